The molecule has 0 amide bonds. The summed E-state index contributed by atoms with van der Waals surface area (Å²) in [6.45, 7) is 3.57. The van der Waals surface area contributed by atoms with E-state index in [1.165, 1.54) is 0 Å². The standard InChI is InChI=1S/C14H17F4N/c1-3-4-5-6-13(19-2)11-9-10(15)7-8-12(11)14(16,17)18/h3,7-9,13,19H,1,4-6H2,2H3. The normalized spacial score (nSPS) is 13.3. The summed E-state index contributed by atoms with van der Waals surface area (Å²) in [5.74, 6) is -0.660. The summed E-state index contributed by atoms with van der Waals surface area (Å²) in [7, 11) is 1.57. The summed E-state index contributed by atoms with van der Waals surface area (Å²) in [6, 6.07) is 2.07. The van der Waals surface area contributed by atoms with Crippen LogP contribution in [0.4, 0.5) is 17.6 Å². The molecule has 1 atom stereocenters. The predicted molar refractivity (Wildman–Crippen MR) is 67.3 cm³/mol. The average molecular weight is 275 g/mol. The van der Waals surface area contributed by atoms with Crippen molar-refractivity contribution in [3.05, 3.63) is 47.8 Å². The Morgan fingerprint density at radius 1 is 1.37 bits per heavy atom. The molecule has 1 nitrogen and oxygen atoms in total. The first-order valence-electron chi connectivity index (χ1n) is 6.05. The van der Waals surface area contributed by atoms with E-state index in [9.17, 15) is 17.6 Å². The van der Waals surface area contributed by atoms with Gasteiger partial charge in [-0.1, -0.05) is 6.08 Å². The van der Waals surface area contributed by atoms with Gasteiger partial charge in [0.2, 0.25) is 0 Å². The molecule has 0 aliphatic carbocycles. The van der Waals surface area contributed by atoms with E-state index >= 15 is 0 Å². The van der Waals surface area contributed by atoms with Gasteiger partial charge in [-0.3, -0.25) is 0 Å². The fourth-order valence-corrected chi connectivity index (χ4v) is 2.00. The lowest BCUT2D eigenvalue weighted by atomic mass is 9.95. The second kappa shape index (κ2) is 6.70. The predicted octanol–water partition coefficient (Wildman–Crippen LogP) is 4.46. The van der Waals surface area contributed by atoms with E-state index in [1.807, 2.05) is 0 Å². The van der Waals surface area contributed by atoms with Crippen molar-refractivity contribution in [1.29, 1.82) is 0 Å². The summed E-state index contributed by atoms with van der Waals surface area (Å²) < 4.78 is 51.9. The van der Waals surface area contributed by atoms with Gasteiger partial charge >= 0.3 is 6.18 Å². The Hall–Kier alpha value is -1.36. The van der Waals surface area contributed by atoms with E-state index in [-0.39, 0.29) is 5.56 Å². The molecule has 0 bridgehead atoms. The molecular formula is C14H17F4N. The third-order valence-corrected chi connectivity index (χ3v) is 2.94. The number of unbranched alkanes of at least 4 members (excludes halogenated alkanes) is 1. The maximum Gasteiger partial charge on any atom is 0.416 e. The van der Waals surface area contributed by atoms with Gasteiger partial charge in [-0.2, -0.15) is 13.2 Å². The molecule has 1 aromatic rings. The van der Waals surface area contributed by atoms with Gasteiger partial charge in [0.25, 0.3) is 0 Å². The highest BCUT2D eigenvalue weighted by molar-refractivity contribution is 5.33. The van der Waals surface area contributed by atoms with Gasteiger partial charge in [-0.05, 0) is 50.1 Å². The minimum absolute atomic E-state index is 0.0425. The van der Waals surface area contributed by atoms with Crippen molar-refractivity contribution in [1.82, 2.24) is 5.32 Å². The minimum Gasteiger partial charge on any atom is -0.313 e. The highest BCUT2D eigenvalue weighted by Crippen LogP contribution is 2.36. The Morgan fingerprint density at radius 2 is 2.05 bits per heavy atom. The third kappa shape index (κ3) is 4.35. The summed E-state index contributed by atoms with van der Waals surface area (Å²) in [4.78, 5) is 0. The minimum atomic E-state index is -4.48. The SMILES string of the molecule is C=CCCCC(NC)c1cc(F)ccc1C(F)(F)F. The lowest BCUT2D eigenvalue weighted by molar-refractivity contribution is -0.138. The molecule has 1 rings (SSSR count). The van der Waals surface area contributed by atoms with E-state index in [1.54, 1.807) is 13.1 Å². The van der Waals surface area contributed by atoms with Gasteiger partial charge in [-0.15, -0.1) is 6.58 Å². The Morgan fingerprint density at radius 3 is 2.58 bits per heavy atom. The molecule has 0 spiro atoms. The summed E-state index contributed by atoms with van der Waals surface area (Å²) in [5.41, 5.74) is -0.828. The van der Waals surface area contributed by atoms with E-state index < -0.39 is 23.6 Å². The van der Waals surface area contributed by atoms with Crippen molar-refractivity contribution in [2.24, 2.45) is 0 Å². The molecule has 0 aliphatic rings. The van der Waals surface area contributed by atoms with Crippen LogP contribution in [0.3, 0.4) is 0 Å². The fraction of sp³-hybridized carbons (Fsp3) is 0.429. The van der Waals surface area contributed by atoms with Gasteiger partial charge in [0, 0.05) is 6.04 Å². The van der Waals surface area contributed by atoms with Crippen molar-refractivity contribution in [3.8, 4) is 0 Å². The Kier molecular flexibility index (Phi) is 5.54. The smallest absolute Gasteiger partial charge is 0.313 e. The molecular weight excluding hydrogens is 258 g/mol. The second-order valence-corrected chi connectivity index (χ2v) is 4.29. The van der Waals surface area contributed by atoms with Gasteiger partial charge in [-0.25, -0.2) is 4.39 Å². The van der Waals surface area contributed by atoms with Crippen LogP contribution in [0.2, 0.25) is 0 Å². The first-order valence-corrected chi connectivity index (χ1v) is 6.05. The number of halogens is 4. The zero-order valence-electron chi connectivity index (χ0n) is 10.7. The molecule has 0 aliphatic heterocycles. The number of nitrogens with one attached hydrogen (secondary N) is 1. The van der Waals surface area contributed by atoms with Crippen LogP contribution in [0.25, 0.3) is 0 Å². The largest absolute Gasteiger partial charge is 0.416 e. The maximum absolute atomic E-state index is 13.2. The lowest BCUT2D eigenvalue weighted by Crippen LogP contribution is -2.21. The van der Waals surface area contributed by atoms with E-state index in [4.69, 9.17) is 0 Å². The van der Waals surface area contributed by atoms with Gasteiger partial charge < -0.3 is 5.32 Å². The number of hydrogen-bond donors (Lipinski definition) is 1. The van der Waals surface area contributed by atoms with E-state index in [0.717, 1.165) is 24.6 Å². The topological polar surface area (TPSA) is 12.0 Å². The molecule has 0 saturated carbocycles. The zero-order valence-corrected chi connectivity index (χ0v) is 10.7. The third-order valence-electron chi connectivity index (χ3n) is 2.94. The number of allylic oxidation sites excluding steroid dienone is 1. The summed E-state index contributed by atoms with van der Waals surface area (Å²) in [5, 5.41) is 2.82. The summed E-state index contributed by atoms with van der Waals surface area (Å²) in [6.07, 6.45) is -0.855. The first-order chi connectivity index (χ1) is 8.90. The van der Waals surface area contributed by atoms with Crippen LogP contribution < -0.4 is 5.32 Å². The molecule has 0 radical (unpaired) electrons. The Labute approximate surface area is 110 Å². The van der Waals surface area contributed by atoms with Gasteiger partial charge in [0.1, 0.15) is 5.82 Å². The maximum atomic E-state index is 13.2. The van der Waals surface area contributed by atoms with E-state index in [0.29, 0.717) is 12.8 Å². The van der Waals surface area contributed by atoms with Crippen LogP contribution in [0, 0.1) is 5.82 Å². The molecule has 1 N–H and O–H groups in total. The monoisotopic (exact) mass is 275 g/mol. The van der Waals surface area contributed by atoms with Crippen molar-refractivity contribution in [2.75, 3.05) is 7.05 Å². The quantitative estimate of drug-likeness (QED) is 0.459. The molecule has 0 aromatic heterocycles. The summed E-state index contributed by atoms with van der Waals surface area (Å²) >= 11 is 0. The molecule has 0 saturated heterocycles. The first kappa shape index (κ1) is 15.7. The molecule has 19 heavy (non-hydrogen) atoms. The van der Waals surface area contributed by atoms with Gasteiger partial charge in [0.05, 0.1) is 5.56 Å². The van der Waals surface area contributed by atoms with Crippen LogP contribution in [-0.4, -0.2) is 7.05 Å². The Bertz CT molecular complexity index is 426. The van der Waals surface area contributed by atoms with Crippen molar-refractivity contribution < 1.29 is 17.6 Å². The number of benzene rings is 1. The average Bonchev–Trinajstić information content (AvgIpc) is 2.33. The van der Waals surface area contributed by atoms with Crippen molar-refractivity contribution in [3.63, 3.8) is 0 Å². The lowest BCUT2D eigenvalue weighted by Gasteiger charge is -2.21. The molecule has 1 unspecified atom stereocenters. The van der Waals surface area contributed by atoms with Crippen LogP contribution in [0.1, 0.15) is 36.4 Å². The number of hydrogen-bond acceptors (Lipinski definition) is 1. The number of alkyl halides is 3. The van der Waals surface area contributed by atoms with Crippen molar-refractivity contribution >= 4 is 0 Å². The van der Waals surface area contributed by atoms with E-state index in [2.05, 4.69) is 11.9 Å². The molecule has 5 heteroatoms. The highest BCUT2D eigenvalue weighted by atomic mass is 19.4. The second-order valence-electron chi connectivity index (χ2n) is 4.29. The Balaban J connectivity index is 3.06. The molecule has 1 aromatic carbocycles. The van der Waals surface area contributed by atoms with Crippen LogP contribution in [0.5, 0.6) is 0 Å². The van der Waals surface area contributed by atoms with Gasteiger partial charge in [0.15, 0.2) is 0 Å². The zero-order chi connectivity index (χ0) is 14.5. The molecule has 0 heterocycles. The molecule has 106 valence electrons. The van der Waals surface area contributed by atoms with Crippen LogP contribution >= 0.6 is 0 Å². The van der Waals surface area contributed by atoms with Crippen LogP contribution in [0.15, 0.2) is 30.9 Å². The fourth-order valence-electron chi connectivity index (χ4n) is 2.00. The highest BCUT2D eigenvalue weighted by Gasteiger charge is 2.35. The number of rotatable bonds is 6. The molecule has 0 fully saturated rings. The van der Waals surface area contributed by atoms with Crippen LogP contribution in [-0.2, 0) is 6.18 Å². The van der Waals surface area contributed by atoms with Crippen molar-refractivity contribution in [2.45, 2.75) is 31.5 Å².